The van der Waals surface area contributed by atoms with Crippen LogP contribution in [-0.4, -0.2) is 25.0 Å². The van der Waals surface area contributed by atoms with E-state index in [1.807, 2.05) is 68.4 Å². The van der Waals surface area contributed by atoms with Crippen molar-refractivity contribution in [3.8, 4) is 11.5 Å². The topological polar surface area (TPSA) is 73.9 Å². The number of ether oxygens (including phenoxy) is 3. The van der Waals surface area contributed by atoms with Crippen molar-refractivity contribution in [3.05, 3.63) is 109 Å². The van der Waals surface area contributed by atoms with Crippen LogP contribution >= 0.6 is 27.5 Å². The summed E-state index contributed by atoms with van der Waals surface area (Å²) in [6.07, 6.45) is 0. The summed E-state index contributed by atoms with van der Waals surface area (Å²) in [5.41, 5.74) is 5.18. The lowest BCUT2D eigenvalue weighted by Crippen LogP contribution is -2.29. The lowest BCUT2D eigenvalue weighted by Gasteiger charge is -2.30. The van der Waals surface area contributed by atoms with E-state index >= 15 is 0 Å². The van der Waals surface area contributed by atoms with E-state index in [-0.39, 0.29) is 19.0 Å². The summed E-state index contributed by atoms with van der Waals surface area (Å²) in [5.74, 6) is -0.286. The van der Waals surface area contributed by atoms with Crippen LogP contribution in [0.4, 0.5) is 0 Å². The van der Waals surface area contributed by atoms with Crippen molar-refractivity contribution < 1.29 is 23.8 Å². The van der Waals surface area contributed by atoms with Crippen LogP contribution in [0.25, 0.3) is 5.70 Å². The van der Waals surface area contributed by atoms with Crippen molar-refractivity contribution in [1.82, 2.24) is 5.32 Å². The Morgan fingerprint density at radius 1 is 1.00 bits per heavy atom. The second-order valence-electron chi connectivity index (χ2n) is 9.12. The molecule has 0 aromatic heterocycles. The Balaban J connectivity index is 1.63. The quantitative estimate of drug-likeness (QED) is 0.273. The molecule has 0 spiro atoms. The van der Waals surface area contributed by atoms with Crippen LogP contribution in [0.3, 0.4) is 0 Å². The van der Waals surface area contributed by atoms with Gasteiger partial charge < -0.3 is 19.5 Å². The zero-order chi connectivity index (χ0) is 27.7. The Morgan fingerprint density at radius 3 is 2.44 bits per heavy atom. The van der Waals surface area contributed by atoms with Crippen molar-refractivity contribution >= 4 is 45.0 Å². The maximum absolute atomic E-state index is 13.7. The molecule has 1 N–H and O–H groups in total. The van der Waals surface area contributed by atoms with Gasteiger partial charge in [-0.25, -0.2) is 4.79 Å². The molecule has 6 nitrogen and oxygen atoms in total. The van der Waals surface area contributed by atoms with Crippen LogP contribution in [0.15, 0.2) is 82.0 Å². The Labute approximate surface area is 240 Å². The van der Waals surface area contributed by atoms with E-state index in [0.29, 0.717) is 61.3 Å². The number of dihydropyridines is 1. The van der Waals surface area contributed by atoms with E-state index in [0.717, 1.165) is 11.1 Å². The average molecular weight is 609 g/mol. The van der Waals surface area contributed by atoms with E-state index in [1.54, 1.807) is 13.0 Å². The number of esters is 1. The second-order valence-corrected chi connectivity index (χ2v) is 10.4. The van der Waals surface area contributed by atoms with Gasteiger partial charge in [0.15, 0.2) is 17.3 Å². The lowest BCUT2D eigenvalue weighted by atomic mass is 9.79. The summed E-state index contributed by atoms with van der Waals surface area (Å²) in [5, 5.41) is 3.93. The third-order valence-corrected chi connectivity index (χ3v) is 7.70. The predicted octanol–water partition coefficient (Wildman–Crippen LogP) is 7.21. The van der Waals surface area contributed by atoms with E-state index < -0.39 is 11.9 Å². The standard InChI is InChI=1S/C31H27BrClNO5/c1-4-37-24-15-19(14-22(32)30(24)39-16-18-10-6-9-13-23(18)33)26-25(31(36)38-5-2)17(3)34-28-20-11-7-8-12-21(20)29(35)27(26)28/h6-15,26,34H,4-5,16H2,1-3H3/t26-/m0/s1. The average Bonchev–Trinajstić information content (AvgIpc) is 3.20. The van der Waals surface area contributed by atoms with E-state index in [9.17, 15) is 9.59 Å². The zero-order valence-electron chi connectivity index (χ0n) is 21.8. The highest BCUT2D eigenvalue weighted by Gasteiger charge is 2.43. The summed E-state index contributed by atoms with van der Waals surface area (Å²) in [7, 11) is 0. The predicted molar refractivity (Wildman–Crippen MR) is 154 cm³/mol. The first-order valence-electron chi connectivity index (χ1n) is 12.7. The number of Topliss-reactive ketones (excluding diaryl/α,β-unsaturated/α-hetero) is 1. The Morgan fingerprint density at radius 2 is 1.72 bits per heavy atom. The SMILES string of the molecule is CCOC(=O)C1=C(C)NC2=C(C(=O)c3ccccc32)[C@H]1c1cc(Br)c(OCc2ccccc2Cl)c(OCC)c1. The fourth-order valence-electron chi connectivity index (χ4n) is 5.06. The highest BCUT2D eigenvalue weighted by Crippen LogP contribution is 2.49. The number of carbonyl (C=O) groups excluding carboxylic acids is 2. The molecule has 39 heavy (non-hydrogen) atoms. The molecule has 0 bridgehead atoms. The molecular weight excluding hydrogens is 582 g/mol. The van der Waals surface area contributed by atoms with Crippen molar-refractivity contribution in [1.29, 1.82) is 0 Å². The number of allylic oxidation sites excluding steroid dienone is 2. The summed E-state index contributed by atoms with van der Waals surface area (Å²) in [6.45, 7) is 6.31. The maximum atomic E-state index is 13.7. The van der Waals surface area contributed by atoms with Gasteiger partial charge in [-0.2, -0.15) is 0 Å². The van der Waals surface area contributed by atoms with Gasteiger partial charge in [-0.05, 0) is 60.5 Å². The van der Waals surface area contributed by atoms with Crippen LogP contribution < -0.4 is 14.8 Å². The Hall–Kier alpha value is -3.55. The molecule has 5 rings (SSSR count). The van der Waals surface area contributed by atoms with Crippen molar-refractivity contribution in [2.75, 3.05) is 13.2 Å². The van der Waals surface area contributed by atoms with Crippen LogP contribution in [0, 0.1) is 0 Å². The number of rotatable bonds is 8. The van der Waals surface area contributed by atoms with E-state index in [2.05, 4.69) is 21.2 Å². The van der Waals surface area contributed by atoms with Gasteiger partial charge in [-0.1, -0.05) is 54.1 Å². The van der Waals surface area contributed by atoms with Gasteiger partial charge in [0.1, 0.15) is 6.61 Å². The molecule has 3 aromatic carbocycles. The van der Waals surface area contributed by atoms with Gasteiger partial charge in [0, 0.05) is 38.9 Å². The van der Waals surface area contributed by atoms with Crippen LogP contribution in [0.5, 0.6) is 11.5 Å². The van der Waals surface area contributed by atoms with E-state index in [1.165, 1.54) is 0 Å². The van der Waals surface area contributed by atoms with Gasteiger partial charge in [0.05, 0.1) is 29.0 Å². The molecule has 0 unspecified atom stereocenters. The first-order valence-corrected chi connectivity index (χ1v) is 13.9. The number of carbonyl (C=O) groups is 2. The number of benzene rings is 3. The van der Waals surface area contributed by atoms with Crippen LogP contribution in [0.2, 0.25) is 5.02 Å². The molecule has 1 heterocycles. The summed E-state index contributed by atoms with van der Waals surface area (Å²) in [6, 6.07) is 18.6. The lowest BCUT2D eigenvalue weighted by molar-refractivity contribution is -0.138. The van der Waals surface area contributed by atoms with Gasteiger partial charge in [0.25, 0.3) is 0 Å². The zero-order valence-corrected chi connectivity index (χ0v) is 24.1. The molecule has 1 aliphatic carbocycles. The fourth-order valence-corrected chi connectivity index (χ4v) is 5.83. The maximum Gasteiger partial charge on any atom is 0.336 e. The highest BCUT2D eigenvalue weighted by atomic mass is 79.9. The van der Waals surface area contributed by atoms with Crippen molar-refractivity contribution in [2.24, 2.45) is 0 Å². The van der Waals surface area contributed by atoms with Crippen LogP contribution in [-0.2, 0) is 16.1 Å². The van der Waals surface area contributed by atoms with Gasteiger partial charge in [0.2, 0.25) is 0 Å². The fraction of sp³-hybridized carbons (Fsp3) is 0.226. The van der Waals surface area contributed by atoms with Crippen molar-refractivity contribution in [3.63, 3.8) is 0 Å². The third-order valence-electron chi connectivity index (χ3n) is 6.74. The molecule has 2 aliphatic rings. The van der Waals surface area contributed by atoms with Gasteiger partial charge in [-0.15, -0.1) is 0 Å². The summed E-state index contributed by atoms with van der Waals surface area (Å²) in [4.78, 5) is 27.0. The number of nitrogens with one attached hydrogen (secondary N) is 1. The molecule has 200 valence electrons. The summed E-state index contributed by atoms with van der Waals surface area (Å²) >= 11 is 9.99. The number of hydrogen-bond acceptors (Lipinski definition) is 6. The van der Waals surface area contributed by atoms with Crippen LogP contribution in [0.1, 0.15) is 53.7 Å². The minimum absolute atomic E-state index is 0.125. The van der Waals surface area contributed by atoms with Crippen molar-refractivity contribution in [2.45, 2.75) is 33.3 Å². The largest absolute Gasteiger partial charge is 0.490 e. The molecule has 0 amide bonds. The molecule has 0 saturated carbocycles. The molecular formula is C31H27BrClNO5. The monoisotopic (exact) mass is 607 g/mol. The first kappa shape index (κ1) is 27.0. The number of fused-ring (bicyclic) bond motifs is 2. The highest BCUT2D eigenvalue weighted by molar-refractivity contribution is 9.10. The number of hydrogen-bond donors (Lipinski definition) is 1. The minimum atomic E-state index is -0.673. The molecule has 1 aliphatic heterocycles. The number of halogens is 2. The Kier molecular flexibility index (Phi) is 7.82. The molecule has 1 atom stereocenters. The number of ketones is 1. The smallest absolute Gasteiger partial charge is 0.336 e. The third kappa shape index (κ3) is 4.97. The normalized spacial score (nSPS) is 16.0. The Bertz CT molecular complexity index is 1540. The van der Waals surface area contributed by atoms with E-state index in [4.69, 9.17) is 25.8 Å². The summed E-state index contributed by atoms with van der Waals surface area (Å²) < 4.78 is 18.2. The van der Waals surface area contributed by atoms with Gasteiger partial charge >= 0.3 is 5.97 Å². The minimum Gasteiger partial charge on any atom is -0.490 e. The first-order chi connectivity index (χ1) is 18.8. The molecule has 0 fully saturated rings. The second kappa shape index (κ2) is 11.3. The molecule has 0 saturated heterocycles. The molecule has 8 heteroatoms. The molecule has 3 aromatic rings. The van der Waals surface area contributed by atoms with Gasteiger partial charge in [-0.3, -0.25) is 4.79 Å². The molecule has 0 radical (unpaired) electrons.